The van der Waals surface area contributed by atoms with E-state index in [1.165, 1.54) is 0 Å². The summed E-state index contributed by atoms with van der Waals surface area (Å²) in [6, 6.07) is 28.7. The van der Waals surface area contributed by atoms with Crippen LogP contribution >= 0.6 is 0 Å². The first-order valence-electron chi connectivity index (χ1n) is 13.1. The van der Waals surface area contributed by atoms with Crippen molar-refractivity contribution in [2.45, 2.75) is 0 Å². The van der Waals surface area contributed by atoms with E-state index in [0.29, 0.717) is 24.1 Å². The number of benzene rings is 3. The largest absolute Gasteiger partial charge is 0.455 e. The fourth-order valence-corrected chi connectivity index (χ4v) is 5.35. The molecule has 0 unspecified atom stereocenters. The molecule has 5 heterocycles. The Labute approximate surface area is 229 Å². The van der Waals surface area contributed by atoms with Gasteiger partial charge in [-0.25, -0.2) is 4.98 Å². The first kappa shape index (κ1) is 22.4. The Bertz CT molecular complexity index is 2110. The Morgan fingerprint density at radius 1 is 0.750 bits per heavy atom. The molecule has 0 aliphatic carbocycles. The van der Waals surface area contributed by atoms with Gasteiger partial charge in [0.05, 0.1) is 16.4 Å². The molecule has 1 N–H and O–H groups in total. The molecule has 0 radical (unpaired) electrons. The van der Waals surface area contributed by atoms with E-state index in [2.05, 4.69) is 69.5 Å². The molecule has 0 saturated heterocycles. The van der Waals surface area contributed by atoms with Crippen molar-refractivity contribution in [3.63, 3.8) is 0 Å². The minimum atomic E-state index is 0.546. The second-order valence-corrected chi connectivity index (χ2v) is 9.63. The lowest BCUT2D eigenvalue weighted by atomic mass is 10.1. The summed E-state index contributed by atoms with van der Waals surface area (Å²) in [5.41, 5.74) is 5.67. The monoisotopic (exact) mass is 518 g/mol. The molecule has 7 aromatic rings. The molecule has 0 fully saturated rings. The molecule has 0 amide bonds. The number of aromatic nitrogens is 5. The second-order valence-electron chi connectivity index (χ2n) is 9.63. The molecule has 0 atom stereocenters. The molecule has 7 nitrogen and oxygen atoms in total. The number of fused-ring (bicyclic) bond motifs is 5. The van der Waals surface area contributed by atoms with Crippen LogP contribution in [0.2, 0.25) is 0 Å². The van der Waals surface area contributed by atoms with Gasteiger partial charge in [-0.3, -0.25) is 9.55 Å². The summed E-state index contributed by atoms with van der Waals surface area (Å²) in [4.78, 5) is 19.0. The average molecular weight is 519 g/mol. The molecule has 3 aromatic carbocycles. The van der Waals surface area contributed by atoms with Crippen molar-refractivity contribution in [3.8, 4) is 28.7 Å². The van der Waals surface area contributed by atoms with Crippen LogP contribution in [-0.2, 0) is 0 Å². The molecule has 40 heavy (non-hydrogen) atoms. The van der Waals surface area contributed by atoms with Gasteiger partial charge in [0.1, 0.15) is 11.3 Å². The minimum absolute atomic E-state index is 0.546. The molecular weight excluding hydrogens is 496 g/mol. The van der Waals surface area contributed by atoms with Crippen LogP contribution in [0.4, 0.5) is 0 Å². The number of furan rings is 1. The van der Waals surface area contributed by atoms with E-state index in [9.17, 15) is 0 Å². The van der Waals surface area contributed by atoms with E-state index >= 15 is 0 Å². The Morgan fingerprint density at radius 2 is 1.57 bits per heavy atom. The lowest BCUT2D eigenvalue weighted by Crippen LogP contribution is -2.12. The maximum Gasteiger partial charge on any atom is 0.238 e. The number of nitrogens with zero attached hydrogens (tertiary/aromatic N) is 5. The summed E-state index contributed by atoms with van der Waals surface area (Å²) in [6.45, 7) is 0.715. The maximum atomic E-state index is 6.54. The van der Waals surface area contributed by atoms with Gasteiger partial charge in [-0.2, -0.15) is 9.97 Å². The summed E-state index contributed by atoms with van der Waals surface area (Å²) < 4.78 is 8.65. The van der Waals surface area contributed by atoms with Gasteiger partial charge in [-0.05, 0) is 48.7 Å². The molecule has 0 bridgehead atoms. The Morgan fingerprint density at radius 3 is 2.42 bits per heavy atom. The molecule has 8 rings (SSSR count). The summed E-state index contributed by atoms with van der Waals surface area (Å²) in [7, 11) is 0. The Hall–Kier alpha value is -5.56. The molecular formula is C33H22N6O. The van der Waals surface area contributed by atoms with Gasteiger partial charge in [0.2, 0.25) is 5.95 Å². The topological polar surface area (TPSA) is 81.7 Å². The number of pyridine rings is 1. The summed E-state index contributed by atoms with van der Waals surface area (Å²) in [5.74, 6) is 2.59. The van der Waals surface area contributed by atoms with Crippen LogP contribution in [-0.4, -0.2) is 31.0 Å². The summed E-state index contributed by atoms with van der Waals surface area (Å²) in [5, 5.41) is 6.35. The van der Waals surface area contributed by atoms with E-state index in [1.54, 1.807) is 12.4 Å². The minimum Gasteiger partial charge on any atom is -0.455 e. The number of rotatable bonds is 4. The Kier molecular flexibility index (Phi) is 5.06. The first-order valence-corrected chi connectivity index (χ1v) is 13.1. The van der Waals surface area contributed by atoms with E-state index < -0.39 is 0 Å². The summed E-state index contributed by atoms with van der Waals surface area (Å²) in [6.07, 6.45) is 9.49. The smallest absolute Gasteiger partial charge is 0.238 e. The number of nitrogens with one attached hydrogen (secondary N) is 1. The SMILES string of the molecule is C1=CC(c2nc(-c3ccncc3)nc(-n3c4ccccc4c4c5oc(-c6ccccc6)cc5ccc43)n2)=CCN1. The highest BCUT2D eigenvalue weighted by Crippen LogP contribution is 2.39. The maximum absolute atomic E-state index is 6.54. The molecule has 0 spiro atoms. The van der Waals surface area contributed by atoms with Crippen LogP contribution in [0.1, 0.15) is 5.82 Å². The standard InChI is InChI=1S/C33H22N6O/c1-2-6-21(7-3-1)28-20-24-10-11-27-29(30(24)40-28)25-8-4-5-9-26(25)39(27)33-37-31(22-12-16-34-17-13-22)36-32(38-33)23-14-18-35-19-15-23/h1-18,20,35H,19H2. The van der Waals surface area contributed by atoms with Gasteiger partial charge in [-0.1, -0.05) is 54.6 Å². The molecule has 190 valence electrons. The van der Waals surface area contributed by atoms with Crippen molar-refractivity contribution in [1.82, 2.24) is 29.8 Å². The molecule has 7 heteroatoms. The predicted octanol–water partition coefficient (Wildman–Crippen LogP) is 6.94. The van der Waals surface area contributed by atoms with Crippen LogP contribution in [0, 0.1) is 0 Å². The van der Waals surface area contributed by atoms with Crippen molar-refractivity contribution in [3.05, 3.63) is 121 Å². The number of allylic oxidation sites excluding steroid dienone is 2. The third-order valence-corrected chi connectivity index (χ3v) is 7.22. The van der Waals surface area contributed by atoms with E-state index in [1.807, 2.05) is 48.7 Å². The van der Waals surface area contributed by atoms with Gasteiger partial charge in [-0.15, -0.1) is 0 Å². The summed E-state index contributed by atoms with van der Waals surface area (Å²) >= 11 is 0. The second kappa shape index (κ2) is 9.03. The third-order valence-electron chi connectivity index (χ3n) is 7.22. The highest BCUT2D eigenvalue weighted by Gasteiger charge is 2.21. The van der Waals surface area contributed by atoms with Gasteiger partial charge in [0.15, 0.2) is 11.6 Å². The zero-order valence-corrected chi connectivity index (χ0v) is 21.3. The van der Waals surface area contributed by atoms with Crippen LogP contribution in [0.15, 0.2) is 120 Å². The van der Waals surface area contributed by atoms with Crippen molar-refractivity contribution in [2.75, 3.05) is 6.54 Å². The Balaban J connectivity index is 1.42. The van der Waals surface area contributed by atoms with Crippen molar-refractivity contribution < 1.29 is 4.42 Å². The van der Waals surface area contributed by atoms with Crippen LogP contribution < -0.4 is 5.32 Å². The molecule has 1 aliphatic rings. The molecule has 1 aliphatic heterocycles. The number of dihydropyridines is 1. The number of hydrogen-bond acceptors (Lipinski definition) is 6. The van der Waals surface area contributed by atoms with Gasteiger partial charge >= 0.3 is 0 Å². The highest BCUT2D eigenvalue weighted by atomic mass is 16.3. The fourth-order valence-electron chi connectivity index (χ4n) is 5.35. The average Bonchev–Trinajstić information content (AvgIpc) is 3.62. The zero-order valence-electron chi connectivity index (χ0n) is 21.3. The molecule has 4 aromatic heterocycles. The van der Waals surface area contributed by atoms with Crippen LogP contribution in [0.25, 0.3) is 67.0 Å². The third kappa shape index (κ3) is 3.60. The predicted molar refractivity (Wildman–Crippen MR) is 158 cm³/mol. The lowest BCUT2D eigenvalue weighted by Gasteiger charge is -2.12. The van der Waals surface area contributed by atoms with Gasteiger partial charge < -0.3 is 9.73 Å². The van der Waals surface area contributed by atoms with E-state index in [0.717, 1.165) is 55.2 Å². The molecule has 0 saturated carbocycles. The van der Waals surface area contributed by atoms with Gasteiger partial charge in [0.25, 0.3) is 0 Å². The fraction of sp³-hybridized carbons (Fsp3) is 0.0303. The van der Waals surface area contributed by atoms with Crippen LogP contribution in [0.5, 0.6) is 0 Å². The number of hydrogen-bond donors (Lipinski definition) is 1. The first-order chi connectivity index (χ1) is 19.8. The zero-order chi connectivity index (χ0) is 26.5. The highest BCUT2D eigenvalue weighted by molar-refractivity contribution is 6.19. The number of para-hydroxylation sites is 1. The van der Waals surface area contributed by atoms with Crippen LogP contribution in [0.3, 0.4) is 0 Å². The quantitative estimate of drug-likeness (QED) is 0.272. The normalized spacial score (nSPS) is 13.2. The van der Waals surface area contributed by atoms with E-state index in [-0.39, 0.29) is 0 Å². The van der Waals surface area contributed by atoms with Crippen molar-refractivity contribution >= 4 is 38.3 Å². The van der Waals surface area contributed by atoms with Crippen molar-refractivity contribution in [2.24, 2.45) is 0 Å². The van der Waals surface area contributed by atoms with Gasteiger partial charge in [0, 0.05) is 46.4 Å². The van der Waals surface area contributed by atoms with E-state index in [4.69, 9.17) is 19.4 Å². The van der Waals surface area contributed by atoms with Crippen molar-refractivity contribution in [1.29, 1.82) is 0 Å². The lowest BCUT2D eigenvalue weighted by molar-refractivity contribution is 0.635.